The van der Waals surface area contributed by atoms with Gasteiger partial charge >= 0.3 is 5.97 Å². The third kappa shape index (κ3) is 3.40. The number of hydrogen-bond acceptors (Lipinski definition) is 6. The molecule has 3 atom stereocenters. The lowest BCUT2D eigenvalue weighted by Gasteiger charge is -2.40. The van der Waals surface area contributed by atoms with Crippen LogP contribution in [0.1, 0.15) is 26.2 Å². The molecule has 1 fully saturated rings. The van der Waals surface area contributed by atoms with Gasteiger partial charge in [0.2, 0.25) is 0 Å². The Morgan fingerprint density at radius 1 is 1.41 bits per heavy atom. The zero-order chi connectivity index (χ0) is 20.8. The first kappa shape index (κ1) is 19.5. The van der Waals surface area contributed by atoms with Crippen molar-refractivity contribution < 1.29 is 19.4 Å². The second-order valence-corrected chi connectivity index (χ2v) is 7.89. The summed E-state index contributed by atoms with van der Waals surface area (Å²) in [7, 11) is 0. The van der Waals surface area contributed by atoms with Crippen molar-refractivity contribution in [2.24, 2.45) is 5.41 Å². The first-order valence-electron chi connectivity index (χ1n) is 9.13. The van der Waals surface area contributed by atoms with Gasteiger partial charge in [0, 0.05) is 23.3 Å². The monoisotopic (exact) mass is 419 g/mol. The molecule has 0 aliphatic heterocycles. The molecule has 0 radical (unpaired) electrons. The fourth-order valence-electron chi connectivity index (χ4n) is 3.76. The van der Waals surface area contributed by atoms with E-state index in [-0.39, 0.29) is 11.6 Å². The summed E-state index contributed by atoms with van der Waals surface area (Å²) < 4.78 is 14.4. The summed E-state index contributed by atoms with van der Waals surface area (Å²) >= 11 is 6.02. The number of rotatable bonds is 4. The molecule has 3 aromatic heterocycles. The number of pyridine rings is 1. The van der Waals surface area contributed by atoms with Crippen LogP contribution >= 0.6 is 11.6 Å². The molecule has 0 unspecified atom stereocenters. The number of halogens is 2. The SMILES string of the molecule is C[C@@]1(C(=O)O)CCC[C@H](Nc2nc(-c3c[nH]c4ncc(Cl)cc34)ncc2F)[C@H]1O. The van der Waals surface area contributed by atoms with Crippen molar-refractivity contribution in [3.8, 4) is 11.4 Å². The Morgan fingerprint density at radius 3 is 2.97 bits per heavy atom. The van der Waals surface area contributed by atoms with Gasteiger partial charge in [-0.1, -0.05) is 18.0 Å². The summed E-state index contributed by atoms with van der Waals surface area (Å²) in [5, 5.41) is 24.1. The van der Waals surface area contributed by atoms with Crippen molar-refractivity contribution in [2.45, 2.75) is 38.3 Å². The van der Waals surface area contributed by atoms with Crippen molar-refractivity contribution in [2.75, 3.05) is 5.32 Å². The third-order valence-electron chi connectivity index (χ3n) is 5.54. The molecule has 1 aliphatic rings. The van der Waals surface area contributed by atoms with E-state index in [1.54, 1.807) is 12.3 Å². The molecule has 29 heavy (non-hydrogen) atoms. The van der Waals surface area contributed by atoms with Gasteiger partial charge in [0.05, 0.1) is 28.8 Å². The number of nitrogens with zero attached hydrogens (tertiary/aromatic N) is 3. The number of carbonyl (C=O) groups is 1. The summed E-state index contributed by atoms with van der Waals surface area (Å²) in [4.78, 5) is 27.1. The molecule has 8 nitrogen and oxygen atoms in total. The number of anilines is 1. The summed E-state index contributed by atoms with van der Waals surface area (Å²) in [6.07, 6.45) is 4.44. The van der Waals surface area contributed by atoms with Gasteiger partial charge in [0.25, 0.3) is 0 Å². The minimum Gasteiger partial charge on any atom is -0.481 e. The Bertz CT molecular complexity index is 1090. The van der Waals surface area contributed by atoms with E-state index >= 15 is 0 Å². The zero-order valence-electron chi connectivity index (χ0n) is 15.5. The lowest BCUT2D eigenvalue weighted by Crippen LogP contribution is -2.52. The van der Waals surface area contributed by atoms with Crippen LogP contribution in [0.15, 0.2) is 24.7 Å². The van der Waals surface area contributed by atoms with Crippen molar-refractivity contribution in [3.05, 3.63) is 35.5 Å². The normalized spacial score (nSPS) is 24.6. The molecular weight excluding hydrogens is 401 g/mol. The summed E-state index contributed by atoms with van der Waals surface area (Å²) in [5.41, 5.74) is -0.119. The number of hydrogen-bond donors (Lipinski definition) is 4. The maximum Gasteiger partial charge on any atom is 0.312 e. The predicted octanol–water partition coefficient (Wildman–Crippen LogP) is 3.23. The average molecular weight is 420 g/mol. The highest BCUT2D eigenvalue weighted by molar-refractivity contribution is 6.31. The molecule has 1 aliphatic carbocycles. The van der Waals surface area contributed by atoms with Crippen molar-refractivity contribution in [1.29, 1.82) is 0 Å². The molecule has 0 amide bonds. The van der Waals surface area contributed by atoms with E-state index in [0.717, 1.165) is 6.20 Å². The largest absolute Gasteiger partial charge is 0.481 e. The van der Waals surface area contributed by atoms with Crippen molar-refractivity contribution >= 4 is 34.4 Å². The summed E-state index contributed by atoms with van der Waals surface area (Å²) in [5.74, 6) is -1.63. The molecule has 10 heteroatoms. The summed E-state index contributed by atoms with van der Waals surface area (Å²) in [6.45, 7) is 1.50. The van der Waals surface area contributed by atoms with Crippen LogP contribution in [0.2, 0.25) is 5.02 Å². The Kier molecular flexibility index (Phi) is 4.87. The number of aromatic amines is 1. The van der Waals surface area contributed by atoms with Gasteiger partial charge in [-0.2, -0.15) is 0 Å². The smallest absolute Gasteiger partial charge is 0.312 e. The molecule has 0 spiro atoms. The molecular formula is C19H19ClFN5O3. The number of H-pyrrole nitrogens is 1. The Balaban J connectivity index is 1.67. The van der Waals surface area contributed by atoms with Gasteiger partial charge in [-0.15, -0.1) is 0 Å². The molecule has 0 bridgehead atoms. The molecule has 3 heterocycles. The predicted molar refractivity (Wildman–Crippen MR) is 105 cm³/mol. The van der Waals surface area contributed by atoms with Gasteiger partial charge in [0.1, 0.15) is 5.65 Å². The lowest BCUT2D eigenvalue weighted by atomic mass is 9.71. The second kappa shape index (κ2) is 7.23. The second-order valence-electron chi connectivity index (χ2n) is 7.45. The van der Waals surface area contributed by atoms with Gasteiger partial charge < -0.3 is 20.5 Å². The average Bonchev–Trinajstić information content (AvgIpc) is 3.10. The van der Waals surface area contributed by atoms with Crippen LogP contribution in [0.4, 0.5) is 10.2 Å². The highest BCUT2D eigenvalue weighted by Gasteiger charge is 2.47. The first-order valence-corrected chi connectivity index (χ1v) is 9.51. The van der Waals surface area contributed by atoms with Crippen LogP contribution in [-0.4, -0.2) is 48.3 Å². The van der Waals surface area contributed by atoms with Gasteiger partial charge in [-0.05, 0) is 25.8 Å². The maximum atomic E-state index is 14.4. The molecule has 0 saturated heterocycles. The van der Waals surface area contributed by atoms with Crippen LogP contribution < -0.4 is 5.32 Å². The maximum absolute atomic E-state index is 14.4. The number of aliphatic hydroxyl groups excluding tert-OH is 1. The van der Waals surface area contributed by atoms with E-state index < -0.39 is 29.3 Å². The number of carboxylic acids is 1. The topological polar surface area (TPSA) is 124 Å². The van der Waals surface area contributed by atoms with E-state index in [0.29, 0.717) is 40.9 Å². The number of aliphatic hydroxyl groups is 1. The Labute approximate surface area is 170 Å². The molecule has 4 N–H and O–H groups in total. The van der Waals surface area contributed by atoms with Gasteiger partial charge in [-0.25, -0.2) is 19.3 Å². The standard InChI is InChI=1S/C19H19ClFN5O3/c1-19(18(28)29)4-2-3-13(14(19)27)25-17-12(21)8-24-16(26-17)11-7-23-15-10(11)5-9(20)6-22-15/h5-8,13-14,27H,2-4H2,1H3,(H,22,23)(H,28,29)(H,24,25,26)/t13-,14+,19+/m0/s1. The minimum absolute atomic E-state index is 0.0990. The number of fused-ring (bicyclic) bond motifs is 1. The Morgan fingerprint density at radius 2 is 2.21 bits per heavy atom. The van der Waals surface area contributed by atoms with Crippen LogP contribution in [0.25, 0.3) is 22.4 Å². The molecule has 4 rings (SSSR count). The van der Waals surface area contributed by atoms with Crippen LogP contribution in [-0.2, 0) is 4.79 Å². The van der Waals surface area contributed by atoms with Crippen LogP contribution in [0.5, 0.6) is 0 Å². The van der Waals surface area contributed by atoms with E-state index in [1.807, 2.05) is 0 Å². The quantitative estimate of drug-likeness (QED) is 0.511. The highest BCUT2D eigenvalue weighted by Crippen LogP contribution is 2.38. The minimum atomic E-state index is -1.30. The molecule has 152 valence electrons. The van der Waals surface area contributed by atoms with Gasteiger partial charge in [0.15, 0.2) is 17.5 Å². The van der Waals surface area contributed by atoms with Crippen LogP contribution in [0, 0.1) is 11.2 Å². The zero-order valence-corrected chi connectivity index (χ0v) is 16.2. The molecule has 0 aromatic carbocycles. The number of carboxylic acid groups (broad SMARTS) is 1. The molecule has 3 aromatic rings. The first-order chi connectivity index (χ1) is 13.8. The van der Waals surface area contributed by atoms with E-state index in [1.165, 1.54) is 13.1 Å². The number of nitrogens with one attached hydrogen (secondary N) is 2. The fourth-order valence-corrected chi connectivity index (χ4v) is 3.92. The fraction of sp³-hybridized carbons (Fsp3) is 0.368. The Hall–Kier alpha value is -2.78. The third-order valence-corrected chi connectivity index (χ3v) is 5.75. The molecule has 1 saturated carbocycles. The van der Waals surface area contributed by atoms with Gasteiger partial charge in [-0.3, -0.25) is 4.79 Å². The lowest BCUT2D eigenvalue weighted by molar-refractivity contribution is -0.158. The number of aliphatic carboxylic acids is 1. The van der Waals surface area contributed by atoms with Crippen LogP contribution in [0.3, 0.4) is 0 Å². The number of aromatic nitrogens is 4. The van der Waals surface area contributed by atoms with E-state index in [9.17, 15) is 19.4 Å². The summed E-state index contributed by atoms with van der Waals surface area (Å²) in [6, 6.07) is 1.06. The highest BCUT2D eigenvalue weighted by atomic mass is 35.5. The van der Waals surface area contributed by atoms with E-state index in [4.69, 9.17) is 11.6 Å². The van der Waals surface area contributed by atoms with E-state index in [2.05, 4.69) is 25.3 Å². The van der Waals surface area contributed by atoms with Crippen molar-refractivity contribution in [1.82, 2.24) is 19.9 Å². The van der Waals surface area contributed by atoms with Crippen molar-refractivity contribution in [3.63, 3.8) is 0 Å².